The molecule has 0 saturated heterocycles. The molecular weight excluding hydrogens is 268 g/mol. The summed E-state index contributed by atoms with van der Waals surface area (Å²) >= 11 is 0. The molecule has 0 spiro atoms. The predicted octanol–water partition coefficient (Wildman–Crippen LogP) is 5.12. The van der Waals surface area contributed by atoms with Gasteiger partial charge in [0, 0.05) is 21.5 Å². The maximum Gasteiger partial charge on any atom is 0.0723 e. The van der Waals surface area contributed by atoms with E-state index in [0.29, 0.717) is 0 Å². The lowest BCUT2D eigenvalue weighted by atomic mass is 9.94. The van der Waals surface area contributed by atoms with Gasteiger partial charge in [-0.05, 0) is 35.0 Å². The first-order valence-corrected chi connectivity index (χ1v) is 7.45. The van der Waals surface area contributed by atoms with E-state index in [1.165, 1.54) is 32.3 Å². The minimum atomic E-state index is 1.05. The molecule has 0 unspecified atom stereocenters. The van der Waals surface area contributed by atoms with Crippen LogP contribution in [0.5, 0.6) is 0 Å². The molecule has 0 bridgehead atoms. The fraction of sp³-hybridized carbons (Fsp3) is 0. The lowest BCUT2D eigenvalue weighted by Gasteiger charge is -2.15. The normalized spacial score (nSPS) is 12.5. The number of aromatic nitrogens is 2. The Morgan fingerprint density at radius 2 is 0.864 bits per heavy atom. The molecule has 100 valence electrons. The van der Waals surface area contributed by atoms with E-state index in [4.69, 9.17) is 9.97 Å². The zero-order valence-corrected chi connectivity index (χ0v) is 11.7. The van der Waals surface area contributed by atoms with Crippen LogP contribution < -0.4 is 0 Å². The highest BCUT2D eigenvalue weighted by Crippen LogP contribution is 2.40. The van der Waals surface area contributed by atoms with Gasteiger partial charge in [0.15, 0.2) is 0 Å². The van der Waals surface area contributed by atoms with E-state index in [1.54, 1.807) is 0 Å². The summed E-state index contributed by atoms with van der Waals surface area (Å²) in [5, 5.41) is 7.44. The second-order valence-corrected chi connectivity index (χ2v) is 5.89. The molecule has 0 aliphatic carbocycles. The quantitative estimate of drug-likeness (QED) is 0.285. The van der Waals surface area contributed by atoms with Crippen LogP contribution in [0.25, 0.3) is 54.4 Å². The zero-order chi connectivity index (χ0) is 14.3. The van der Waals surface area contributed by atoms with E-state index in [1.807, 2.05) is 0 Å². The molecule has 0 atom stereocenters. The van der Waals surface area contributed by atoms with E-state index >= 15 is 0 Å². The molecule has 4 aromatic carbocycles. The third-order valence-electron chi connectivity index (χ3n) is 4.73. The molecule has 2 nitrogen and oxygen atoms in total. The van der Waals surface area contributed by atoms with Gasteiger partial charge in [0.2, 0.25) is 0 Å². The monoisotopic (exact) mass is 278 g/mol. The SMILES string of the molecule is c1cc2ccc3nc4cccc5ccc6nc(c1)c2c3c6c54. The van der Waals surface area contributed by atoms with Crippen molar-refractivity contribution in [2.45, 2.75) is 0 Å². The molecule has 6 rings (SSSR count). The first kappa shape index (κ1) is 10.7. The van der Waals surface area contributed by atoms with Crippen molar-refractivity contribution in [3.05, 3.63) is 60.7 Å². The fourth-order valence-electron chi connectivity index (χ4n) is 3.84. The van der Waals surface area contributed by atoms with Crippen LogP contribution in [-0.4, -0.2) is 9.97 Å². The van der Waals surface area contributed by atoms with Crippen LogP contribution in [0.2, 0.25) is 0 Å². The molecule has 0 aliphatic heterocycles. The molecule has 0 aliphatic rings. The highest BCUT2D eigenvalue weighted by atomic mass is 14.7. The molecule has 0 radical (unpaired) electrons. The van der Waals surface area contributed by atoms with Crippen LogP contribution >= 0.6 is 0 Å². The molecule has 2 aromatic heterocycles. The van der Waals surface area contributed by atoms with Crippen LogP contribution in [0, 0.1) is 0 Å². The summed E-state index contributed by atoms with van der Waals surface area (Å²) in [4.78, 5) is 9.81. The lowest BCUT2D eigenvalue weighted by molar-refractivity contribution is 1.48. The Bertz CT molecular complexity index is 1210. The minimum Gasteiger partial charge on any atom is -0.248 e. The Morgan fingerprint density at radius 1 is 0.409 bits per heavy atom. The molecular formula is C20H10N2. The number of hydrogen-bond donors (Lipinski definition) is 0. The molecule has 0 amide bonds. The second kappa shape index (κ2) is 3.42. The lowest BCUT2D eigenvalue weighted by Crippen LogP contribution is -1.93. The summed E-state index contributed by atoms with van der Waals surface area (Å²) in [5.41, 5.74) is 4.22. The zero-order valence-electron chi connectivity index (χ0n) is 11.7. The number of nitrogens with zero attached hydrogens (tertiary/aromatic N) is 2. The highest BCUT2D eigenvalue weighted by Gasteiger charge is 2.16. The van der Waals surface area contributed by atoms with Crippen LogP contribution in [0.1, 0.15) is 0 Å². The minimum absolute atomic E-state index is 1.05. The van der Waals surface area contributed by atoms with Gasteiger partial charge in [0.1, 0.15) is 0 Å². The maximum absolute atomic E-state index is 4.90. The van der Waals surface area contributed by atoms with Gasteiger partial charge in [-0.2, -0.15) is 0 Å². The molecule has 0 saturated carbocycles. The van der Waals surface area contributed by atoms with Crippen molar-refractivity contribution in [2.24, 2.45) is 0 Å². The van der Waals surface area contributed by atoms with Gasteiger partial charge in [-0.15, -0.1) is 0 Å². The summed E-state index contributed by atoms with van der Waals surface area (Å²) in [6.45, 7) is 0. The molecule has 0 N–H and O–H groups in total. The van der Waals surface area contributed by atoms with E-state index in [9.17, 15) is 0 Å². The van der Waals surface area contributed by atoms with Gasteiger partial charge in [-0.1, -0.05) is 36.4 Å². The third kappa shape index (κ3) is 1.10. The number of rotatable bonds is 0. The number of pyridine rings is 2. The van der Waals surface area contributed by atoms with Crippen molar-refractivity contribution in [2.75, 3.05) is 0 Å². The van der Waals surface area contributed by atoms with Gasteiger partial charge < -0.3 is 0 Å². The molecule has 0 fully saturated rings. The van der Waals surface area contributed by atoms with E-state index < -0.39 is 0 Å². The summed E-state index contributed by atoms with van der Waals surface area (Å²) in [6, 6.07) is 21.2. The summed E-state index contributed by atoms with van der Waals surface area (Å²) in [5.74, 6) is 0. The summed E-state index contributed by atoms with van der Waals surface area (Å²) < 4.78 is 0. The Hall–Kier alpha value is -3.00. The van der Waals surface area contributed by atoms with Gasteiger partial charge in [0.25, 0.3) is 0 Å². The van der Waals surface area contributed by atoms with Crippen LogP contribution in [0.4, 0.5) is 0 Å². The summed E-state index contributed by atoms with van der Waals surface area (Å²) in [7, 11) is 0. The third-order valence-corrected chi connectivity index (χ3v) is 4.73. The fourth-order valence-corrected chi connectivity index (χ4v) is 3.84. The van der Waals surface area contributed by atoms with Crippen LogP contribution in [-0.2, 0) is 0 Å². The average molecular weight is 278 g/mol. The molecule has 2 heteroatoms. The molecule has 6 aromatic rings. The van der Waals surface area contributed by atoms with Gasteiger partial charge in [-0.3, -0.25) is 0 Å². The van der Waals surface area contributed by atoms with Crippen LogP contribution in [0.3, 0.4) is 0 Å². The summed E-state index contributed by atoms with van der Waals surface area (Å²) in [6.07, 6.45) is 0. The van der Waals surface area contributed by atoms with Gasteiger partial charge in [0.05, 0.1) is 22.1 Å². The Kier molecular flexibility index (Phi) is 1.66. The number of hydrogen-bond acceptors (Lipinski definition) is 2. The van der Waals surface area contributed by atoms with E-state index in [2.05, 4.69) is 60.7 Å². The largest absolute Gasteiger partial charge is 0.248 e. The smallest absolute Gasteiger partial charge is 0.0723 e. The van der Waals surface area contributed by atoms with Crippen molar-refractivity contribution >= 4 is 54.4 Å². The highest BCUT2D eigenvalue weighted by molar-refractivity contribution is 6.33. The predicted molar refractivity (Wildman–Crippen MR) is 91.9 cm³/mol. The Labute approximate surface area is 125 Å². The molecule has 2 heterocycles. The van der Waals surface area contributed by atoms with Crippen LogP contribution in [0.15, 0.2) is 60.7 Å². The first-order chi connectivity index (χ1) is 10.9. The van der Waals surface area contributed by atoms with Crippen molar-refractivity contribution in [3.63, 3.8) is 0 Å². The van der Waals surface area contributed by atoms with Crippen molar-refractivity contribution < 1.29 is 0 Å². The maximum atomic E-state index is 4.90. The molecule has 22 heavy (non-hydrogen) atoms. The van der Waals surface area contributed by atoms with E-state index in [-0.39, 0.29) is 0 Å². The van der Waals surface area contributed by atoms with Crippen molar-refractivity contribution in [1.82, 2.24) is 9.97 Å². The second-order valence-electron chi connectivity index (χ2n) is 5.89. The first-order valence-electron chi connectivity index (χ1n) is 7.45. The average Bonchev–Trinajstić information content (AvgIpc) is 2.57. The standard InChI is InChI=1S/C20H10N2/c1-3-11-7-9-16-19-17(11)13(5-1)21-15-10-8-12-4-2-6-14(22-16)18(12)20(15)19/h1-10H. The Balaban J connectivity index is 2.15. The van der Waals surface area contributed by atoms with Crippen molar-refractivity contribution in [1.29, 1.82) is 0 Å². The topological polar surface area (TPSA) is 25.8 Å². The van der Waals surface area contributed by atoms with Gasteiger partial charge >= 0.3 is 0 Å². The van der Waals surface area contributed by atoms with Crippen molar-refractivity contribution in [3.8, 4) is 0 Å². The Morgan fingerprint density at radius 3 is 1.36 bits per heavy atom. The van der Waals surface area contributed by atoms with Gasteiger partial charge in [-0.25, -0.2) is 9.97 Å². The number of benzene rings is 4. The van der Waals surface area contributed by atoms with E-state index in [0.717, 1.165) is 22.1 Å².